The zero-order valence-electron chi connectivity index (χ0n) is 10.9. The molecule has 5 nitrogen and oxygen atoms in total. The van der Waals surface area contributed by atoms with Crippen LogP contribution in [0.2, 0.25) is 0 Å². The van der Waals surface area contributed by atoms with Gasteiger partial charge in [-0.1, -0.05) is 30.3 Å². The van der Waals surface area contributed by atoms with E-state index in [1.54, 1.807) is 6.07 Å². The molecule has 6 heteroatoms. The number of primary sulfonamides is 1. The monoisotopic (exact) mass is 300 g/mol. The number of nitrogens with two attached hydrogens (primary N) is 1. The van der Waals surface area contributed by atoms with Gasteiger partial charge >= 0.3 is 0 Å². The molecule has 0 saturated heterocycles. The van der Waals surface area contributed by atoms with Crippen LogP contribution in [0.5, 0.6) is 11.6 Å². The third-order valence-corrected chi connectivity index (χ3v) is 3.90. The number of hydrogen-bond acceptors (Lipinski definition) is 4. The number of ether oxygens (including phenoxy) is 1. The highest BCUT2D eigenvalue weighted by Gasteiger charge is 2.16. The number of benzene rings is 2. The topological polar surface area (TPSA) is 82.3 Å². The SMILES string of the molecule is NS(=O)(=O)c1cccnc1Oc1ccc2ccccc2c1. The minimum Gasteiger partial charge on any atom is -0.438 e. The standard InChI is InChI=1S/C15H12N2O3S/c16-21(18,19)14-6-3-9-17-15(14)20-13-8-7-11-4-1-2-5-12(11)10-13/h1-10H,(H2,16,18,19). The van der Waals surface area contributed by atoms with E-state index in [2.05, 4.69) is 4.98 Å². The molecule has 0 spiro atoms. The van der Waals surface area contributed by atoms with E-state index in [0.29, 0.717) is 5.75 Å². The minimum absolute atomic E-state index is 0.0321. The molecule has 21 heavy (non-hydrogen) atoms. The van der Waals surface area contributed by atoms with Crippen molar-refractivity contribution in [3.8, 4) is 11.6 Å². The quantitative estimate of drug-likeness (QED) is 0.806. The summed E-state index contributed by atoms with van der Waals surface area (Å²) in [5.74, 6) is 0.465. The molecule has 106 valence electrons. The minimum atomic E-state index is -3.88. The van der Waals surface area contributed by atoms with Crippen molar-refractivity contribution < 1.29 is 13.2 Å². The maximum atomic E-state index is 11.5. The molecule has 0 aliphatic carbocycles. The van der Waals surface area contributed by atoms with Crippen LogP contribution in [0.3, 0.4) is 0 Å². The molecule has 2 N–H and O–H groups in total. The number of nitrogens with zero attached hydrogens (tertiary/aromatic N) is 1. The van der Waals surface area contributed by atoms with Crippen molar-refractivity contribution in [2.24, 2.45) is 5.14 Å². The molecule has 0 radical (unpaired) electrons. The zero-order chi connectivity index (χ0) is 14.9. The number of aromatic nitrogens is 1. The molecule has 0 fully saturated rings. The fraction of sp³-hybridized carbons (Fsp3) is 0. The largest absolute Gasteiger partial charge is 0.438 e. The Morgan fingerprint density at radius 3 is 2.48 bits per heavy atom. The van der Waals surface area contributed by atoms with Crippen LogP contribution in [-0.4, -0.2) is 13.4 Å². The van der Waals surface area contributed by atoms with E-state index in [4.69, 9.17) is 9.88 Å². The highest BCUT2D eigenvalue weighted by atomic mass is 32.2. The van der Waals surface area contributed by atoms with Crippen molar-refractivity contribution in [2.45, 2.75) is 4.90 Å². The van der Waals surface area contributed by atoms with E-state index in [0.717, 1.165) is 10.8 Å². The van der Waals surface area contributed by atoms with E-state index >= 15 is 0 Å². The molecule has 3 aromatic rings. The Morgan fingerprint density at radius 2 is 1.71 bits per heavy atom. The lowest BCUT2D eigenvalue weighted by Gasteiger charge is -2.09. The molecular formula is C15H12N2O3S. The summed E-state index contributed by atoms with van der Waals surface area (Å²) < 4.78 is 28.6. The van der Waals surface area contributed by atoms with Gasteiger partial charge in [0.1, 0.15) is 10.6 Å². The molecule has 0 aliphatic heterocycles. The molecule has 0 bridgehead atoms. The molecule has 1 heterocycles. The second-order valence-electron chi connectivity index (χ2n) is 4.46. The third-order valence-electron chi connectivity index (χ3n) is 2.98. The Hall–Kier alpha value is -2.44. The maximum Gasteiger partial charge on any atom is 0.243 e. The number of sulfonamides is 1. The van der Waals surface area contributed by atoms with Crippen LogP contribution in [0, 0.1) is 0 Å². The molecule has 3 rings (SSSR count). The van der Waals surface area contributed by atoms with Gasteiger partial charge in [0, 0.05) is 6.20 Å². The van der Waals surface area contributed by atoms with E-state index in [1.807, 2.05) is 36.4 Å². The van der Waals surface area contributed by atoms with Crippen molar-refractivity contribution in [1.29, 1.82) is 0 Å². The van der Waals surface area contributed by atoms with Crippen LogP contribution in [-0.2, 0) is 10.0 Å². The van der Waals surface area contributed by atoms with Gasteiger partial charge in [0.15, 0.2) is 0 Å². The molecule has 0 unspecified atom stereocenters. The van der Waals surface area contributed by atoms with Crippen LogP contribution >= 0.6 is 0 Å². The first kappa shape index (κ1) is 13.5. The first-order valence-corrected chi connectivity index (χ1v) is 7.73. The summed E-state index contributed by atoms with van der Waals surface area (Å²) in [6.45, 7) is 0. The second kappa shape index (κ2) is 5.16. The Morgan fingerprint density at radius 1 is 0.952 bits per heavy atom. The number of hydrogen-bond donors (Lipinski definition) is 1. The van der Waals surface area contributed by atoms with Crippen LogP contribution in [0.15, 0.2) is 65.7 Å². The van der Waals surface area contributed by atoms with Crippen molar-refractivity contribution >= 4 is 20.8 Å². The summed E-state index contributed by atoms with van der Waals surface area (Å²) >= 11 is 0. The summed E-state index contributed by atoms with van der Waals surface area (Å²) in [7, 11) is -3.88. The van der Waals surface area contributed by atoms with Crippen LogP contribution in [0.25, 0.3) is 10.8 Å². The van der Waals surface area contributed by atoms with Gasteiger partial charge in [-0.25, -0.2) is 18.5 Å². The van der Waals surface area contributed by atoms with Gasteiger partial charge in [-0.15, -0.1) is 0 Å². The predicted molar refractivity (Wildman–Crippen MR) is 79.6 cm³/mol. The van der Waals surface area contributed by atoms with Crippen LogP contribution in [0.4, 0.5) is 0 Å². The Labute approximate surface area is 122 Å². The lowest BCUT2D eigenvalue weighted by Crippen LogP contribution is -2.13. The zero-order valence-corrected chi connectivity index (χ0v) is 11.7. The molecular weight excluding hydrogens is 288 g/mol. The summed E-state index contributed by atoms with van der Waals surface area (Å²) in [5.41, 5.74) is 0. The van der Waals surface area contributed by atoms with Gasteiger partial charge in [-0.3, -0.25) is 0 Å². The summed E-state index contributed by atoms with van der Waals surface area (Å²) in [5, 5.41) is 7.21. The summed E-state index contributed by atoms with van der Waals surface area (Å²) in [6.07, 6.45) is 1.45. The van der Waals surface area contributed by atoms with Gasteiger partial charge in [0.05, 0.1) is 0 Å². The normalized spacial score (nSPS) is 11.5. The van der Waals surface area contributed by atoms with E-state index in [9.17, 15) is 8.42 Å². The third kappa shape index (κ3) is 2.86. The van der Waals surface area contributed by atoms with Crippen molar-refractivity contribution in [3.63, 3.8) is 0 Å². The molecule has 0 saturated carbocycles. The Kier molecular flexibility index (Phi) is 3.32. The van der Waals surface area contributed by atoms with Gasteiger partial charge in [-0.2, -0.15) is 0 Å². The fourth-order valence-electron chi connectivity index (χ4n) is 2.01. The predicted octanol–water partition coefficient (Wildman–Crippen LogP) is 2.67. The van der Waals surface area contributed by atoms with Crippen LogP contribution < -0.4 is 9.88 Å². The summed E-state index contributed by atoms with van der Waals surface area (Å²) in [6, 6.07) is 16.1. The lowest BCUT2D eigenvalue weighted by atomic mass is 10.1. The Bertz CT molecular complexity index is 907. The molecule has 0 atom stereocenters. The van der Waals surface area contributed by atoms with Gasteiger partial charge < -0.3 is 4.74 Å². The lowest BCUT2D eigenvalue weighted by molar-refractivity contribution is 0.448. The van der Waals surface area contributed by atoms with Gasteiger partial charge in [-0.05, 0) is 35.0 Å². The first-order valence-electron chi connectivity index (χ1n) is 6.18. The van der Waals surface area contributed by atoms with Crippen LogP contribution in [0.1, 0.15) is 0 Å². The molecule has 0 aliphatic rings. The van der Waals surface area contributed by atoms with E-state index in [-0.39, 0.29) is 10.8 Å². The maximum absolute atomic E-state index is 11.5. The molecule has 1 aromatic heterocycles. The van der Waals surface area contributed by atoms with Gasteiger partial charge in [0.25, 0.3) is 0 Å². The number of rotatable bonds is 3. The van der Waals surface area contributed by atoms with E-state index < -0.39 is 10.0 Å². The van der Waals surface area contributed by atoms with Gasteiger partial charge in [0.2, 0.25) is 15.9 Å². The van der Waals surface area contributed by atoms with Crippen molar-refractivity contribution in [3.05, 3.63) is 60.8 Å². The fourth-order valence-corrected chi connectivity index (χ4v) is 2.62. The first-order chi connectivity index (χ1) is 10.0. The smallest absolute Gasteiger partial charge is 0.243 e. The Balaban J connectivity index is 2.03. The molecule has 0 amide bonds. The van der Waals surface area contributed by atoms with Crippen molar-refractivity contribution in [2.75, 3.05) is 0 Å². The number of pyridine rings is 1. The highest BCUT2D eigenvalue weighted by molar-refractivity contribution is 7.89. The van der Waals surface area contributed by atoms with Crippen molar-refractivity contribution in [1.82, 2.24) is 4.98 Å². The average molecular weight is 300 g/mol. The second-order valence-corrected chi connectivity index (χ2v) is 5.99. The summed E-state index contributed by atoms with van der Waals surface area (Å²) in [4.78, 5) is 3.80. The molecule has 2 aromatic carbocycles. The van der Waals surface area contributed by atoms with E-state index in [1.165, 1.54) is 18.3 Å². The highest BCUT2D eigenvalue weighted by Crippen LogP contribution is 2.28. The number of fused-ring (bicyclic) bond motifs is 1. The average Bonchev–Trinajstić information content (AvgIpc) is 2.46.